The van der Waals surface area contributed by atoms with Gasteiger partial charge in [0.25, 0.3) is 0 Å². The van der Waals surface area contributed by atoms with Crippen molar-refractivity contribution in [3.63, 3.8) is 0 Å². The van der Waals surface area contributed by atoms with E-state index in [9.17, 15) is 0 Å². The molecule has 0 aromatic heterocycles. The number of benzene rings is 1. The van der Waals surface area contributed by atoms with Gasteiger partial charge in [-0.3, -0.25) is 0 Å². The van der Waals surface area contributed by atoms with E-state index in [0.29, 0.717) is 17.4 Å². The van der Waals surface area contributed by atoms with Crippen LogP contribution >= 0.6 is 15.9 Å². The second kappa shape index (κ2) is 6.72. The van der Waals surface area contributed by atoms with E-state index < -0.39 is 0 Å². The first-order valence-corrected chi connectivity index (χ1v) is 7.54. The van der Waals surface area contributed by atoms with Crippen LogP contribution in [-0.4, -0.2) is 13.1 Å². The summed E-state index contributed by atoms with van der Waals surface area (Å²) in [5, 5.41) is 3.46. The number of halogens is 1. The van der Waals surface area contributed by atoms with Crippen LogP contribution in [0.4, 0.5) is 0 Å². The molecule has 0 aliphatic rings. The average molecular weight is 312 g/mol. The Morgan fingerprint density at radius 3 is 2.33 bits per heavy atom. The lowest BCUT2D eigenvalue weighted by Gasteiger charge is -2.31. The molecule has 102 valence electrons. The van der Waals surface area contributed by atoms with Crippen LogP contribution in [0.1, 0.15) is 39.7 Å². The summed E-state index contributed by atoms with van der Waals surface area (Å²) in [6.07, 6.45) is 2.29. The second-order valence-corrected chi connectivity index (χ2v) is 7.14. The molecule has 0 fully saturated rings. The molecule has 1 aromatic carbocycles. The Balaban J connectivity index is 2.66. The number of rotatable bonds is 5. The molecular formula is C16H26BrN. The van der Waals surface area contributed by atoms with Gasteiger partial charge in [0.15, 0.2) is 0 Å². The van der Waals surface area contributed by atoms with Crippen molar-refractivity contribution < 1.29 is 0 Å². The summed E-state index contributed by atoms with van der Waals surface area (Å²) < 4.78 is 1.22. The fraction of sp³-hybridized carbons (Fsp3) is 0.625. The van der Waals surface area contributed by atoms with Gasteiger partial charge in [-0.2, -0.15) is 0 Å². The van der Waals surface area contributed by atoms with Gasteiger partial charge >= 0.3 is 0 Å². The molecule has 2 unspecified atom stereocenters. The summed E-state index contributed by atoms with van der Waals surface area (Å²) in [4.78, 5) is 0. The highest BCUT2D eigenvalue weighted by atomic mass is 79.9. The van der Waals surface area contributed by atoms with E-state index in [2.05, 4.69) is 80.3 Å². The first kappa shape index (κ1) is 15.7. The van der Waals surface area contributed by atoms with Gasteiger partial charge < -0.3 is 5.32 Å². The lowest BCUT2D eigenvalue weighted by Crippen LogP contribution is -2.33. The lowest BCUT2D eigenvalue weighted by molar-refractivity contribution is 0.225. The topological polar surface area (TPSA) is 12.0 Å². The fourth-order valence-electron chi connectivity index (χ4n) is 2.01. The standard InChI is InChI=1S/C16H26BrN/c1-12(16(2,3)4)10-14(18-5)11-13-8-6-7-9-15(13)17/h6-9,12,14,18H,10-11H2,1-5H3. The van der Waals surface area contributed by atoms with Gasteiger partial charge in [-0.1, -0.05) is 61.8 Å². The lowest BCUT2D eigenvalue weighted by atomic mass is 9.78. The van der Waals surface area contributed by atoms with Crippen LogP contribution in [0.3, 0.4) is 0 Å². The maximum Gasteiger partial charge on any atom is 0.0207 e. The number of hydrogen-bond acceptors (Lipinski definition) is 1. The summed E-state index contributed by atoms with van der Waals surface area (Å²) in [7, 11) is 2.07. The van der Waals surface area contributed by atoms with Crippen molar-refractivity contribution in [2.45, 2.75) is 46.6 Å². The SMILES string of the molecule is CNC(Cc1ccccc1Br)CC(C)C(C)(C)C. The van der Waals surface area contributed by atoms with Gasteiger partial charge in [0.2, 0.25) is 0 Å². The molecule has 0 saturated carbocycles. The number of nitrogens with one attached hydrogen (secondary N) is 1. The van der Waals surface area contributed by atoms with Crippen molar-refractivity contribution >= 4 is 15.9 Å². The molecule has 0 bridgehead atoms. The van der Waals surface area contributed by atoms with Crippen LogP contribution < -0.4 is 5.32 Å². The Bertz CT molecular complexity index is 368. The smallest absolute Gasteiger partial charge is 0.0207 e. The minimum absolute atomic E-state index is 0.378. The molecular weight excluding hydrogens is 286 g/mol. The van der Waals surface area contributed by atoms with Crippen molar-refractivity contribution in [3.05, 3.63) is 34.3 Å². The van der Waals surface area contributed by atoms with E-state index in [1.54, 1.807) is 0 Å². The van der Waals surface area contributed by atoms with Crippen LogP contribution in [0.15, 0.2) is 28.7 Å². The van der Waals surface area contributed by atoms with Crippen molar-refractivity contribution in [1.29, 1.82) is 0 Å². The molecule has 1 nitrogen and oxygen atoms in total. The van der Waals surface area contributed by atoms with E-state index in [-0.39, 0.29) is 0 Å². The molecule has 0 radical (unpaired) electrons. The Hall–Kier alpha value is -0.340. The summed E-state index contributed by atoms with van der Waals surface area (Å²) >= 11 is 3.63. The molecule has 1 N–H and O–H groups in total. The van der Waals surface area contributed by atoms with Crippen LogP contribution in [0, 0.1) is 11.3 Å². The predicted molar refractivity (Wildman–Crippen MR) is 83.9 cm³/mol. The average Bonchev–Trinajstić information content (AvgIpc) is 2.29. The zero-order chi connectivity index (χ0) is 13.8. The molecule has 2 atom stereocenters. The number of likely N-dealkylation sites (N-methyl/N-ethyl adjacent to an activating group) is 1. The van der Waals surface area contributed by atoms with Gasteiger partial charge in [-0.25, -0.2) is 0 Å². The number of hydrogen-bond donors (Lipinski definition) is 1. The first-order valence-electron chi connectivity index (χ1n) is 6.75. The van der Waals surface area contributed by atoms with Crippen molar-refractivity contribution in [2.75, 3.05) is 7.05 Å². The van der Waals surface area contributed by atoms with E-state index in [1.165, 1.54) is 16.5 Å². The van der Waals surface area contributed by atoms with Crippen LogP contribution in [0.5, 0.6) is 0 Å². The molecule has 0 amide bonds. The molecule has 1 aromatic rings. The third-order valence-corrected chi connectivity index (χ3v) is 4.72. The summed E-state index contributed by atoms with van der Waals surface area (Å²) in [6, 6.07) is 9.04. The third-order valence-electron chi connectivity index (χ3n) is 3.95. The largest absolute Gasteiger partial charge is 0.317 e. The second-order valence-electron chi connectivity index (χ2n) is 6.28. The molecule has 1 rings (SSSR count). The molecule has 0 aliphatic carbocycles. The summed E-state index contributed by atoms with van der Waals surface area (Å²) in [5.41, 5.74) is 1.76. The maximum absolute atomic E-state index is 3.63. The zero-order valence-corrected chi connectivity index (χ0v) is 13.8. The van der Waals surface area contributed by atoms with E-state index >= 15 is 0 Å². The minimum atomic E-state index is 0.378. The van der Waals surface area contributed by atoms with Gasteiger partial charge in [0.1, 0.15) is 0 Å². The highest BCUT2D eigenvalue weighted by molar-refractivity contribution is 9.10. The zero-order valence-electron chi connectivity index (χ0n) is 12.3. The molecule has 18 heavy (non-hydrogen) atoms. The Labute approximate surface area is 120 Å². The fourth-order valence-corrected chi connectivity index (χ4v) is 2.46. The predicted octanol–water partition coefficient (Wildman–Crippen LogP) is 4.65. The first-order chi connectivity index (χ1) is 8.34. The minimum Gasteiger partial charge on any atom is -0.317 e. The summed E-state index contributed by atoms with van der Waals surface area (Å²) in [6.45, 7) is 9.32. The third kappa shape index (κ3) is 4.74. The molecule has 0 spiro atoms. The van der Waals surface area contributed by atoms with Crippen LogP contribution in [-0.2, 0) is 6.42 Å². The van der Waals surface area contributed by atoms with Crippen molar-refractivity contribution in [3.8, 4) is 0 Å². The van der Waals surface area contributed by atoms with Gasteiger partial charge in [0, 0.05) is 10.5 Å². The van der Waals surface area contributed by atoms with Crippen molar-refractivity contribution in [1.82, 2.24) is 5.32 Å². The van der Waals surface area contributed by atoms with Crippen LogP contribution in [0.25, 0.3) is 0 Å². The monoisotopic (exact) mass is 311 g/mol. The molecule has 0 heterocycles. The maximum atomic E-state index is 3.63. The summed E-state index contributed by atoms with van der Waals surface area (Å²) in [5.74, 6) is 0.706. The van der Waals surface area contributed by atoms with E-state index in [0.717, 1.165) is 6.42 Å². The molecule has 0 aliphatic heterocycles. The Kier molecular flexibility index (Phi) is 5.87. The molecule has 0 saturated heterocycles. The highest BCUT2D eigenvalue weighted by Gasteiger charge is 2.23. The van der Waals surface area contributed by atoms with Gasteiger partial charge in [-0.15, -0.1) is 0 Å². The Morgan fingerprint density at radius 1 is 1.22 bits per heavy atom. The van der Waals surface area contributed by atoms with Gasteiger partial charge in [-0.05, 0) is 42.9 Å². The van der Waals surface area contributed by atoms with E-state index in [4.69, 9.17) is 0 Å². The quantitative estimate of drug-likeness (QED) is 0.834. The van der Waals surface area contributed by atoms with E-state index in [1.807, 2.05) is 0 Å². The molecule has 2 heteroatoms. The normalized spacial score (nSPS) is 15.4. The van der Waals surface area contributed by atoms with Crippen molar-refractivity contribution in [2.24, 2.45) is 11.3 Å². The Morgan fingerprint density at radius 2 is 1.83 bits per heavy atom. The highest BCUT2D eigenvalue weighted by Crippen LogP contribution is 2.30. The van der Waals surface area contributed by atoms with Gasteiger partial charge in [0.05, 0.1) is 0 Å². The van der Waals surface area contributed by atoms with Crippen LogP contribution in [0.2, 0.25) is 0 Å².